The van der Waals surface area contributed by atoms with E-state index < -0.39 is 11.7 Å². The number of hydrogen-bond acceptors (Lipinski definition) is 4. The number of rotatable bonds is 4. The van der Waals surface area contributed by atoms with Gasteiger partial charge in [0.1, 0.15) is 11.4 Å². The Kier molecular flexibility index (Phi) is 5.63. The molecule has 0 saturated carbocycles. The summed E-state index contributed by atoms with van der Waals surface area (Å²) in [6.07, 6.45) is 3.80. The normalized spacial score (nSPS) is 19.1. The number of carbonyl (C=O) groups is 1. The van der Waals surface area contributed by atoms with Crippen molar-refractivity contribution >= 4 is 11.9 Å². The molecule has 0 aliphatic carbocycles. The number of anilines is 1. The number of amides is 1. The van der Waals surface area contributed by atoms with Gasteiger partial charge in [-0.05, 0) is 57.7 Å². The van der Waals surface area contributed by atoms with Crippen molar-refractivity contribution < 1.29 is 9.53 Å². The van der Waals surface area contributed by atoms with Gasteiger partial charge in [0.05, 0.1) is 0 Å². The van der Waals surface area contributed by atoms with Crippen LogP contribution in [0.4, 0.5) is 10.6 Å². The second-order valence-electron chi connectivity index (χ2n) is 7.65. The van der Waals surface area contributed by atoms with Crippen molar-refractivity contribution in [2.75, 3.05) is 18.4 Å². The summed E-state index contributed by atoms with van der Waals surface area (Å²) in [5, 5.41) is 2.67. The van der Waals surface area contributed by atoms with Crippen LogP contribution in [0.1, 0.15) is 59.1 Å². The van der Waals surface area contributed by atoms with Gasteiger partial charge in [-0.2, -0.15) is 0 Å². The van der Waals surface area contributed by atoms with Gasteiger partial charge in [-0.1, -0.05) is 19.9 Å². The summed E-state index contributed by atoms with van der Waals surface area (Å²) < 4.78 is 5.23. The summed E-state index contributed by atoms with van der Waals surface area (Å²) in [4.78, 5) is 18.7. The zero-order valence-corrected chi connectivity index (χ0v) is 14.9. The van der Waals surface area contributed by atoms with Crippen LogP contribution in [0.15, 0.2) is 18.3 Å². The molecule has 1 aliphatic heterocycles. The number of aromatic nitrogens is 1. The molecule has 1 saturated heterocycles. The highest BCUT2D eigenvalue weighted by Crippen LogP contribution is 2.32. The number of hydrogen-bond donors (Lipinski definition) is 1. The lowest BCUT2D eigenvalue weighted by Gasteiger charge is -2.26. The van der Waals surface area contributed by atoms with Crippen LogP contribution in [0.2, 0.25) is 0 Å². The van der Waals surface area contributed by atoms with Crippen molar-refractivity contribution in [3.8, 4) is 0 Å². The molecule has 2 rings (SSSR count). The topological polar surface area (TPSA) is 54.5 Å². The van der Waals surface area contributed by atoms with Crippen LogP contribution in [-0.4, -0.2) is 34.7 Å². The minimum absolute atomic E-state index is 0.445. The van der Waals surface area contributed by atoms with Crippen LogP contribution >= 0.6 is 0 Å². The molecule has 128 valence electrons. The van der Waals surface area contributed by atoms with Gasteiger partial charge in [-0.3, -0.25) is 10.2 Å². The highest BCUT2D eigenvalue weighted by molar-refractivity contribution is 5.83. The molecule has 23 heavy (non-hydrogen) atoms. The molecule has 0 aromatic carbocycles. The molecule has 5 nitrogen and oxygen atoms in total. The van der Waals surface area contributed by atoms with Crippen molar-refractivity contribution in [3.05, 3.63) is 23.9 Å². The number of carbonyl (C=O) groups excluding carboxylic acids is 1. The number of pyridine rings is 1. The molecule has 1 aromatic heterocycles. The molecular weight excluding hydrogens is 290 g/mol. The second-order valence-corrected chi connectivity index (χ2v) is 7.65. The smallest absolute Gasteiger partial charge is 0.413 e. The third kappa shape index (κ3) is 5.50. The van der Waals surface area contributed by atoms with E-state index in [1.165, 1.54) is 18.4 Å². The largest absolute Gasteiger partial charge is 0.444 e. The molecule has 1 amide bonds. The second kappa shape index (κ2) is 7.30. The van der Waals surface area contributed by atoms with E-state index in [2.05, 4.69) is 35.1 Å². The fourth-order valence-electron chi connectivity index (χ4n) is 2.98. The number of likely N-dealkylation sites (tertiary alicyclic amines) is 1. The molecule has 0 spiro atoms. The first-order valence-corrected chi connectivity index (χ1v) is 8.44. The van der Waals surface area contributed by atoms with E-state index in [0.717, 1.165) is 13.1 Å². The molecule has 1 aromatic rings. The molecule has 0 unspecified atom stereocenters. The van der Waals surface area contributed by atoms with Crippen LogP contribution in [0.5, 0.6) is 0 Å². The van der Waals surface area contributed by atoms with Gasteiger partial charge in [0.2, 0.25) is 0 Å². The zero-order chi connectivity index (χ0) is 17.0. The van der Waals surface area contributed by atoms with Crippen molar-refractivity contribution in [1.29, 1.82) is 0 Å². The van der Waals surface area contributed by atoms with Gasteiger partial charge in [-0.15, -0.1) is 0 Å². The van der Waals surface area contributed by atoms with Gasteiger partial charge in [0.15, 0.2) is 0 Å². The molecule has 2 heterocycles. The Morgan fingerprint density at radius 1 is 1.43 bits per heavy atom. The Balaban J connectivity index is 1.98. The van der Waals surface area contributed by atoms with Crippen molar-refractivity contribution in [2.24, 2.45) is 5.92 Å². The predicted molar refractivity (Wildman–Crippen MR) is 92.5 cm³/mol. The molecule has 0 radical (unpaired) electrons. The minimum atomic E-state index is -0.509. The first-order valence-electron chi connectivity index (χ1n) is 8.44. The Hall–Kier alpha value is -1.62. The number of ether oxygens (including phenoxy) is 1. The maximum absolute atomic E-state index is 11.8. The zero-order valence-electron chi connectivity index (χ0n) is 14.9. The summed E-state index contributed by atoms with van der Waals surface area (Å²) >= 11 is 0. The molecule has 1 atom stereocenters. The molecule has 5 heteroatoms. The van der Waals surface area contributed by atoms with Gasteiger partial charge >= 0.3 is 6.09 Å². The fraction of sp³-hybridized carbons (Fsp3) is 0.667. The number of nitrogens with one attached hydrogen (secondary N) is 1. The van der Waals surface area contributed by atoms with E-state index in [4.69, 9.17) is 4.74 Å². The van der Waals surface area contributed by atoms with E-state index >= 15 is 0 Å². The summed E-state index contributed by atoms with van der Waals surface area (Å²) in [6, 6.07) is 4.36. The Bertz CT molecular complexity index is 520. The minimum Gasteiger partial charge on any atom is -0.444 e. The summed E-state index contributed by atoms with van der Waals surface area (Å²) in [5.41, 5.74) is 0.712. The first-order chi connectivity index (χ1) is 10.7. The maximum atomic E-state index is 11.8. The lowest BCUT2D eigenvalue weighted by atomic mass is 10.1. The third-order valence-electron chi connectivity index (χ3n) is 3.76. The van der Waals surface area contributed by atoms with Crippen LogP contribution in [0.3, 0.4) is 0 Å². The van der Waals surface area contributed by atoms with Crippen LogP contribution in [-0.2, 0) is 4.74 Å². The van der Waals surface area contributed by atoms with Crippen molar-refractivity contribution in [2.45, 2.75) is 59.1 Å². The predicted octanol–water partition coefficient (Wildman–Crippen LogP) is 4.22. The van der Waals surface area contributed by atoms with Gasteiger partial charge < -0.3 is 4.74 Å². The van der Waals surface area contributed by atoms with E-state index in [1.54, 1.807) is 0 Å². The molecule has 0 bridgehead atoms. The Labute approximate surface area is 139 Å². The SMILES string of the molecule is CC(C)CN1CCC[C@@H]1c1ccc(NC(=O)OC(C)(C)C)nc1. The van der Waals surface area contributed by atoms with E-state index in [0.29, 0.717) is 17.8 Å². The molecule has 1 fully saturated rings. The monoisotopic (exact) mass is 319 g/mol. The summed E-state index contributed by atoms with van der Waals surface area (Å²) in [5.74, 6) is 1.19. The average Bonchev–Trinajstić information content (AvgIpc) is 2.84. The highest BCUT2D eigenvalue weighted by atomic mass is 16.6. The van der Waals surface area contributed by atoms with Gasteiger partial charge in [0, 0.05) is 18.8 Å². The summed E-state index contributed by atoms with van der Waals surface area (Å²) in [7, 11) is 0. The van der Waals surface area contributed by atoms with E-state index in [9.17, 15) is 4.79 Å². The van der Waals surface area contributed by atoms with Crippen molar-refractivity contribution in [3.63, 3.8) is 0 Å². The third-order valence-corrected chi connectivity index (χ3v) is 3.76. The Morgan fingerprint density at radius 2 is 2.17 bits per heavy atom. The highest BCUT2D eigenvalue weighted by Gasteiger charge is 2.26. The molecular formula is C18H29N3O2. The first kappa shape index (κ1) is 17.7. The fourth-order valence-corrected chi connectivity index (χ4v) is 2.98. The van der Waals surface area contributed by atoms with E-state index in [1.807, 2.05) is 33.0 Å². The van der Waals surface area contributed by atoms with Crippen molar-refractivity contribution in [1.82, 2.24) is 9.88 Å². The quantitative estimate of drug-likeness (QED) is 0.902. The average molecular weight is 319 g/mol. The maximum Gasteiger partial charge on any atom is 0.413 e. The van der Waals surface area contributed by atoms with Gasteiger partial charge in [-0.25, -0.2) is 9.78 Å². The summed E-state index contributed by atoms with van der Waals surface area (Å²) in [6.45, 7) is 12.3. The standard InChI is InChI=1S/C18H29N3O2/c1-13(2)12-21-10-6-7-15(21)14-8-9-16(19-11-14)20-17(22)23-18(3,4)5/h8-9,11,13,15H,6-7,10,12H2,1-5H3,(H,19,20,22)/t15-/m1/s1. The van der Waals surface area contributed by atoms with Crippen LogP contribution in [0, 0.1) is 5.92 Å². The van der Waals surface area contributed by atoms with Gasteiger partial charge in [0.25, 0.3) is 0 Å². The van der Waals surface area contributed by atoms with Crippen LogP contribution < -0.4 is 5.32 Å². The number of nitrogens with zero attached hydrogens (tertiary/aromatic N) is 2. The lowest BCUT2D eigenvalue weighted by Crippen LogP contribution is -2.28. The Morgan fingerprint density at radius 3 is 2.74 bits per heavy atom. The lowest BCUT2D eigenvalue weighted by molar-refractivity contribution is 0.0635. The molecule has 1 N–H and O–H groups in total. The van der Waals surface area contributed by atoms with Crippen LogP contribution in [0.25, 0.3) is 0 Å². The molecule has 1 aliphatic rings. The van der Waals surface area contributed by atoms with E-state index in [-0.39, 0.29) is 0 Å².